The van der Waals surface area contributed by atoms with E-state index in [1.807, 2.05) is 11.3 Å². The van der Waals surface area contributed by atoms with E-state index in [4.69, 9.17) is 0 Å². The fourth-order valence-corrected chi connectivity index (χ4v) is 8.84. The van der Waals surface area contributed by atoms with E-state index in [1.54, 1.807) is 0 Å². The zero-order valence-corrected chi connectivity index (χ0v) is 28.6. The third-order valence-electron chi connectivity index (χ3n) is 9.96. The molecule has 2 aromatic heterocycles. The van der Waals surface area contributed by atoms with E-state index in [1.165, 1.54) is 64.2 Å². The number of thiophene rings is 1. The summed E-state index contributed by atoms with van der Waals surface area (Å²) in [6.07, 6.45) is 0. The maximum atomic E-state index is 2.46. The van der Waals surface area contributed by atoms with Crippen LogP contribution in [0.25, 0.3) is 69.9 Å². The van der Waals surface area contributed by atoms with Crippen molar-refractivity contribution in [2.75, 3.05) is 4.90 Å². The zero-order chi connectivity index (χ0) is 33.7. The highest BCUT2D eigenvalue weighted by molar-refractivity contribution is 7.25. The van der Waals surface area contributed by atoms with Crippen molar-refractivity contribution in [2.45, 2.75) is 0 Å². The third-order valence-corrected chi connectivity index (χ3v) is 11.1. The summed E-state index contributed by atoms with van der Waals surface area (Å²) in [6, 6.07) is 70.4. The van der Waals surface area contributed by atoms with Gasteiger partial charge in [0.05, 0.1) is 16.7 Å². The maximum Gasteiger partial charge on any atom is 0.0640 e. The molecule has 0 saturated carbocycles. The summed E-state index contributed by atoms with van der Waals surface area (Å²) in [5.74, 6) is 0. The fraction of sp³-hybridized carbons (Fsp3) is 0. The molecule has 51 heavy (non-hydrogen) atoms. The van der Waals surface area contributed by atoms with Crippen molar-refractivity contribution in [1.29, 1.82) is 0 Å². The highest BCUT2D eigenvalue weighted by Gasteiger charge is 2.24. The van der Waals surface area contributed by atoms with Gasteiger partial charge in [0, 0.05) is 53.6 Å². The highest BCUT2D eigenvalue weighted by atomic mass is 32.1. The minimum atomic E-state index is 1.11. The predicted molar refractivity (Wildman–Crippen MR) is 219 cm³/mol. The van der Waals surface area contributed by atoms with Gasteiger partial charge in [0.25, 0.3) is 0 Å². The maximum absolute atomic E-state index is 2.46. The summed E-state index contributed by atoms with van der Waals surface area (Å²) < 4.78 is 5.08. The smallest absolute Gasteiger partial charge is 0.0640 e. The third kappa shape index (κ3) is 4.93. The first-order chi connectivity index (χ1) is 25.3. The second-order valence-corrected chi connectivity index (χ2v) is 14.0. The van der Waals surface area contributed by atoms with E-state index in [9.17, 15) is 0 Å². The molecule has 0 bridgehead atoms. The van der Waals surface area contributed by atoms with Crippen LogP contribution in [0.3, 0.4) is 0 Å². The van der Waals surface area contributed by atoms with Crippen molar-refractivity contribution >= 4 is 70.4 Å². The molecule has 2 nitrogen and oxygen atoms in total. The summed E-state index contributed by atoms with van der Waals surface area (Å²) in [6.45, 7) is 0. The van der Waals surface area contributed by atoms with Crippen molar-refractivity contribution < 1.29 is 0 Å². The van der Waals surface area contributed by atoms with E-state index < -0.39 is 0 Å². The minimum Gasteiger partial charge on any atom is -0.310 e. The number of hydrogen-bond acceptors (Lipinski definition) is 2. The Hall–Kier alpha value is -6.42. The second kappa shape index (κ2) is 12.2. The lowest BCUT2D eigenvalue weighted by Crippen LogP contribution is -2.10. The van der Waals surface area contributed by atoms with E-state index in [-0.39, 0.29) is 0 Å². The van der Waals surface area contributed by atoms with Crippen molar-refractivity contribution in [3.8, 4) is 27.9 Å². The number of benzene rings is 8. The summed E-state index contributed by atoms with van der Waals surface area (Å²) in [5.41, 5.74) is 11.7. The first kappa shape index (κ1) is 29.5. The van der Waals surface area contributed by atoms with Gasteiger partial charge in [-0.1, -0.05) is 133 Å². The number of nitrogens with zero attached hydrogens (tertiary/aromatic N) is 2. The van der Waals surface area contributed by atoms with Gasteiger partial charge in [-0.3, -0.25) is 0 Å². The number of fused-ring (bicyclic) bond motifs is 6. The van der Waals surface area contributed by atoms with E-state index in [0.29, 0.717) is 0 Å². The molecule has 8 aromatic carbocycles. The summed E-state index contributed by atoms with van der Waals surface area (Å²) in [5, 5.41) is 5.07. The Kier molecular flexibility index (Phi) is 7.04. The van der Waals surface area contributed by atoms with Crippen LogP contribution in [0, 0.1) is 0 Å². The van der Waals surface area contributed by atoms with Crippen LogP contribution in [-0.4, -0.2) is 4.57 Å². The van der Waals surface area contributed by atoms with E-state index in [0.717, 1.165) is 22.7 Å². The van der Waals surface area contributed by atoms with Crippen LogP contribution in [-0.2, 0) is 0 Å². The summed E-state index contributed by atoms with van der Waals surface area (Å²) in [7, 11) is 0. The molecule has 0 atom stereocenters. The van der Waals surface area contributed by atoms with E-state index >= 15 is 0 Å². The number of aromatic nitrogens is 1. The molecule has 10 rings (SSSR count). The Morgan fingerprint density at radius 2 is 1.06 bits per heavy atom. The predicted octanol–water partition coefficient (Wildman–Crippen LogP) is 14.0. The van der Waals surface area contributed by atoms with Crippen molar-refractivity contribution in [3.05, 3.63) is 194 Å². The summed E-state index contributed by atoms with van der Waals surface area (Å²) >= 11 is 1.87. The summed E-state index contributed by atoms with van der Waals surface area (Å²) in [4.78, 5) is 2.43. The van der Waals surface area contributed by atoms with Crippen LogP contribution >= 0.6 is 11.3 Å². The topological polar surface area (TPSA) is 8.17 Å². The molecule has 2 heterocycles. The van der Waals surface area contributed by atoms with Crippen LogP contribution in [0.2, 0.25) is 0 Å². The van der Waals surface area contributed by atoms with Gasteiger partial charge in [0.2, 0.25) is 0 Å². The number of para-hydroxylation sites is 3. The molecular formula is C48H32N2S. The highest BCUT2D eigenvalue weighted by Crippen LogP contribution is 2.48. The van der Waals surface area contributed by atoms with Gasteiger partial charge in [0.1, 0.15) is 0 Å². The van der Waals surface area contributed by atoms with Crippen LogP contribution in [0.4, 0.5) is 17.1 Å². The first-order valence-electron chi connectivity index (χ1n) is 17.4. The first-order valence-corrected chi connectivity index (χ1v) is 18.2. The molecule has 0 aliphatic rings. The molecule has 3 heteroatoms. The quantitative estimate of drug-likeness (QED) is 0.171. The lowest BCUT2D eigenvalue weighted by molar-refractivity contribution is 1.18. The minimum absolute atomic E-state index is 1.11. The Labute approximate surface area is 300 Å². The molecule has 0 spiro atoms. The second-order valence-electron chi connectivity index (χ2n) is 12.9. The van der Waals surface area contributed by atoms with Crippen LogP contribution in [0.5, 0.6) is 0 Å². The van der Waals surface area contributed by atoms with Crippen LogP contribution in [0.1, 0.15) is 0 Å². The molecule has 0 aliphatic heterocycles. The molecule has 0 N–H and O–H groups in total. The average molecular weight is 669 g/mol. The fourth-order valence-electron chi connectivity index (χ4n) is 7.70. The monoisotopic (exact) mass is 668 g/mol. The number of anilines is 3. The Balaban J connectivity index is 1.30. The molecular weight excluding hydrogens is 637 g/mol. The molecule has 240 valence electrons. The molecule has 0 fully saturated rings. The Bertz CT molecular complexity index is 2850. The van der Waals surface area contributed by atoms with Gasteiger partial charge < -0.3 is 9.47 Å². The Morgan fingerprint density at radius 1 is 0.412 bits per heavy atom. The molecule has 0 unspecified atom stereocenters. The van der Waals surface area contributed by atoms with Crippen LogP contribution < -0.4 is 4.90 Å². The molecule has 0 amide bonds. The number of rotatable bonds is 6. The van der Waals surface area contributed by atoms with Gasteiger partial charge in [0.15, 0.2) is 0 Å². The molecule has 0 radical (unpaired) electrons. The molecule has 0 saturated heterocycles. The van der Waals surface area contributed by atoms with Crippen molar-refractivity contribution in [3.63, 3.8) is 0 Å². The average Bonchev–Trinajstić information content (AvgIpc) is 3.75. The van der Waals surface area contributed by atoms with Gasteiger partial charge in [-0.05, 0) is 77.4 Å². The zero-order valence-electron chi connectivity index (χ0n) is 27.8. The normalized spacial score (nSPS) is 11.5. The largest absolute Gasteiger partial charge is 0.310 e. The van der Waals surface area contributed by atoms with Gasteiger partial charge >= 0.3 is 0 Å². The molecule has 10 aromatic rings. The SMILES string of the molecule is c1ccc(-c2cccc(N(c3ccccc3)c3ccc(-c4ccc5c(c4)sc4ccccc45)c4c3c3ccccc3n4-c3ccccc3)c2)cc1. The number of hydrogen-bond donors (Lipinski definition) is 0. The Morgan fingerprint density at radius 3 is 1.88 bits per heavy atom. The van der Waals surface area contributed by atoms with Crippen molar-refractivity contribution in [2.24, 2.45) is 0 Å². The van der Waals surface area contributed by atoms with E-state index in [2.05, 4.69) is 204 Å². The van der Waals surface area contributed by atoms with Crippen LogP contribution in [0.15, 0.2) is 194 Å². The van der Waals surface area contributed by atoms with Crippen molar-refractivity contribution in [1.82, 2.24) is 4.57 Å². The van der Waals surface area contributed by atoms with Gasteiger partial charge in [-0.25, -0.2) is 0 Å². The standard InChI is InChI=1S/C48H32N2S/c1-4-15-33(16-5-1)34-17-14-22-38(31-34)49(36-18-6-2-7-19-36)44-30-29-39(35-27-28-41-40-23-11-13-26-45(40)51-46(41)32-35)48-47(44)42-24-10-12-25-43(42)50(48)37-20-8-3-9-21-37/h1-32H. The van der Waals surface area contributed by atoms with Gasteiger partial charge in [-0.15, -0.1) is 11.3 Å². The van der Waals surface area contributed by atoms with Gasteiger partial charge in [-0.2, -0.15) is 0 Å². The molecule has 0 aliphatic carbocycles. The lowest BCUT2D eigenvalue weighted by atomic mass is 9.98. The lowest BCUT2D eigenvalue weighted by Gasteiger charge is -2.27.